The zero-order chi connectivity index (χ0) is 17.4. The van der Waals surface area contributed by atoms with Crippen molar-refractivity contribution in [1.82, 2.24) is 14.3 Å². The summed E-state index contributed by atoms with van der Waals surface area (Å²) in [4.78, 5) is 31.7. The van der Waals surface area contributed by atoms with Gasteiger partial charge in [-0.25, -0.2) is 4.98 Å². The molecule has 0 saturated carbocycles. The predicted octanol–water partition coefficient (Wildman–Crippen LogP) is 2.27. The molecule has 24 heavy (non-hydrogen) atoms. The fourth-order valence-electron chi connectivity index (χ4n) is 2.54. The molecule has 3 heterocycles. The van der Waals surface area contributed by atoms with Gasteiger partial charge in [0.25, 0.3) is 11.5 Å². The van der Waals surface area contributed by atoms with Crippen molar-refractivity contribution in [3.63, 3.8) is 0 Å². The van der Waals surface area contributed by atoms with Gasteiger partial charge in [-0.2, -0.15) is 0 Å². The highest BCUT2D eigenvalue weighted by atomic mass is 32.2. The van der Waals surface area contributed by atoms with E-state index in [0.29, 0.717) is 32.8 Å². The van der Waals surface area contributed by atoms with E-state index in [1.807, 2.05) is 19.9 Å². The lowest BCUT2D eigenvalue weighted by molar-refractivity contribution is -0.121. The number of nitrogens with one attached hydrogen (secondary N) is 1. The summed E-state index contributed by atoms with van der Waals surface area (Å²) in [5, 5.41) is 2.94. The molecule has 0 unspecified atom stereocenters. The third-order valence-electron chi connectivity index (χ3n) is 3.79. The van der Waals surface area contributed by atoms with Crippen LogP contribution < -0.4 is 10.9 Å². The number of aromatic nitrogens is 2. The number of hydrogen-bond acceptors (Lipinski definition) is 6. The van der Waals surface area contributed by atoms with Crippen molar-refractivity contribution < 1.29 is 4.79 Å². The number of likely N-dealkylation sites (N-methyl/N-ethyl adjacent to an activating group) is 1. The van der Waals surface area contributed by atoms with Gasteiger partial charge in [0.05, 0.1) is 10.5 Å². The van der Waals surface area contributed by atoms with E-state index in [1.54, 1.807) is 25.4 Å². The topological polar surface area (TPSA) is 66.7 Å². The second-order valence-corrected chi connectivity index (χ2v) is 6.92. The molecule has 2 aromatic rings. The molecule has 0 radical (unpaired) electrons. The highest BCUT2D eigenvalue weighted by Crippen LogP contribution is 2.32. The van der Waals surface area contributed by atoms with E-state index in [2.05, 4.69) is 10.3 Å². The van der Waals surface area contributed by atoms with E-state index < -0.39 is 0 Å². The fraction of sp³-hybridized carbons (Fsp3) is 0.250. The maximum absolute atomic E-state index is 12.9. The molecular weight excluding hydrogens is 344 g/mol. The van der Waals surface area contributed by atoms with E-state index >= 15 is 0 Å². The number of amides is 1. The summed E-state index contributed by atoms with van der Waals surface area (Å²) in [6, 6.07) is 3.69. The van der Waals surface area contributed by atoms with Crippen LogP contribution in [0.1, 0.15) is 18.1 Å². The van der Waals surface area contributed by atoms with Crippen molar-refractivity contribution in [3.05, 3.63) is 44.7 Å². The highest BCUT2D eigenvalue weighted by Gasteiger charge is 2.31. The van der Waals surface area contributed by atoms with E-state index in [4.69, 9.17) is 12.2 Å². The van der Waals surface area contributed by atoms with Gasteiger partial charge < -0.3 is 5.32 Å². The van der Waals surface area contributed by atoms with E-state index in [0.717, 1.165) is 5.56 Å². The van der Waals surface area contributed by atoms with Crippen LogP contribution in [0.2, 0.25) is 0 Å². The average Bonchev–Trinajstić information content (AvgIpc) is 2.84. The first-order chi connectivity index (χ1) is 11.5. The summed E-state index contributed by atoms with van der Waals surface area (Å²) in [6.45, 7) is 4.27. The number of nitrogens with zero attached hydrogens (tertiary/aromatic N) is 3. The van der Waals surface area contributed by atoms with Crippen LogP contribution in [0.5, 0.6) is 0 Å². The van der Waals surface area contributed by atoms with Gasteiger partial charge in [0.15, 0.2) is 0 Å². The lowest BCUT2D eigenvalue weighted by Gasteiger charge is -2.10. The molecule has 1 aliphatic rings. The van der Waals surface area contributed by atoms with E-state index in [-0.39, 0.29) is 11.5 Å². The van der Waals surface area contributed by atoms with Crippen LogP contribution in [0.15, 0.2) is 28.0 Å². The van der Waals surface area contributed by atoms with Gasteiger partial charge in [0.1, 0.15) is 15.8 Å². The zero-order valence-corrected chi connectivity index (χ0v) is 15.1. The van der Waals surface area contributed by atoms with Crippen molar-refractivity contribution in [1.29, 1.82) is 0 Å². The summed E-state index contributed by atoms with van der Waals surface area (Å²) < 4.78 is 1.99. The zero-order valence-electron chi connectivity index (χ0n) is 13.5. The third-order valence-corrected chi connectivity index (χ3v) is 5.16. The molecular formula is C16H16N4O2S2. The molecule has 1 saturated heterocycles. The monoisotopic (exact) mass is 360 g/mol. The molecule has 1 fully saturated rings. The van der Waals surface area contributed by atoms with E-state index in [9.17, 15) is 9.59 Å². The molecule has 0 aromatic carbocycles. The van der Waals surface area contributed by atoms with Crippen LogP contribution in [0.25, 0.3) is 11.7 Å². The molecule has 6 nitrogen and oxygen atoms in total. The molecule has 0 aliphatic carbocycles. The maximum Gasteiger partial charge on any atom is 0.267 e. The number of aryl methyl sites for hydroxylation is 1. The Morgan fingerprint density at radius 3 is 2.79 bits per heavy atom. The lowest BCUT2D eigenvalue weighted by atomic mass is 10.2. The van der Waals surface area contributed by atoms with Crippen LogP contribution in [-0.4, -0.2) is 38.1 Å². The van der Waals surface area contributed by atoms with Crippen LogP contribution >= 0.6 is 24.0 Å². The second kappa shape index (κ2) is 6.37. The van der Waals surface area contributed by atoms with Gasteiger partial charge >= 0.3 is 0 Å². The number of carbonyl (C=O) groups is 1. The first kappa shape index (κ1) is 16.7. The van der Waals surface area contributed by atoms with Crippen LogP contribution in [0.4, 0.5) is 5.82 Å². The van der Waals surface area contributed by atoms with Gasteiger partial charge in [0.2, 0.25) is 0 Å². The van der Waals surface area contributed by atoms with Crippen LogP contribution in [0, 0.1) is 6.92 Å². The molecule has 0 spiro atoms. The van der Waals surface area contributed by atoms with Crippen molar-refractivity contribution in [3.8, 4) is 0 Å². The Labute approximate surface area is 148 Å². The van der Waals surface area contributed by atoms with Gasteiger partial charge in [0, 0.05) is 19.8 Å². The van der Waals surface area contributed by atoms with E-state index in [1.165, 1.54) is 21.1 Å². The number of hydrogen-bond donors (Lipinski definition) is 1. The Hall–Kier alpha value is -2.19. The summed E-state index contributed by atoms with van der Waals surface area (Å²) in [5.41, 5.74) is 1.60. The largest absolute Gasteiger partial charge is 0.372 e. The minimum absolute atomic E-state index is 0.178. The highest BCUT2D eigenvalue weighted by molar-refractivity contribution is 8.26. The number of pyridine rings is 1. The number of carbonyl (C=O) groups excluding carboxylic acids is 1. The molecule has 0 bridgehead atoms. The molecule has 8 heteroatoms. The van der Waals surface area contributed by atoms with Crippen molar-refractivity contribution >= 4 is 51.7 Å². The van der Waals surface area contributed by atoms with Crippen molar-refractivity contribution in [2.45, 2.75) is 13.8 Å². The lowest BCUT2D eigenvalue weighted by Crippen LogP contribution is -2.27. The molecule has 1 aliphatic heterocycles. The number of thiocarbonyl (C=S) groups is 1. The molecule has 1 N–H and O–H groups in total. The quantitative estimate of drug-likeness (QED) is 0.669. The summed E-state index contributed by atoms with van der Waals surface area (Å²) in [6.07, 6.45) is 3.25. The molecule has 0 atom stereocenters. The minimum atomic E-state index is -0.227. The predicted molar refractivity (Wildman–Crippen MR) is 101 cm³/mol. The number of anilines is 1. The average molecular weight is 360 g/mol. The van der Waals surface area contributed by atoms with Gasteiger partial charge in [-0.05, 0) is 31.6 Å². The second-order valence-electron chi connectivity index (χ2n) is 5.24. The number of thioether (sulfide) groups is 1. The first-order valence-corrected chi connectivity index (χ1v) is 8.65. The summed E-state index contributed by atoms with van der Waals surface area (Å²) in [5.74, 6) is 0.263. The Balaban J connectivity index is 2.22. The SMILES string of the molecule is CCN1C(=O)C(=Cc2c(NC)nc3c(C)cccn3c2=O)SC1=S. The van der Waals surface area contributed by atoms with Crippen LogP contribution in [0.3, 0.4) is 0 Å². The third kappa shape index (κ3) is 2.61. The Kier molecular flexibility index (Phi) is 4.42. The first-order valence-electron chi connectivity index (χ1n) is 7.43. The summed E-state index contributed by atoms with van der Waals surface area (Å²) in [7, 11) is 1.70. The van der Waals surface area contributed by atoms with Gasteiger partial charge in [-0.1, -0.05) is 30.0 Å². The molecule has 1 amide bonds. The van der Waals surface area contributed by atoms with Crippen molar-refractivity contribution in [2.75, 3.05) is 18.9 Å². The van der Waals surface area contributed by atoms with Gasteiger partial charge in [-0.15, -0.1) is 0 Å². The Morgan fingerprint density at radius 2 is 2.17 bits per heavy atom. The summed E-state index contributed by atoms with van der Waals surface area (Å²) >= 11 is 6.41. The Bertz CT molecular complexity index is 949. The number of rotatable bonds is 3. The maximum atomic E-state index is 12.9. The van der Waals surface area contributed by atoms with Gasteiger partial charge in [-0.3, -0.25) is 18.9 Å². The molecule has 124 valence electrons. The standard InChI is InChI=1S/C16H16N4O2S2/c1-4-19-15(22)11(24-16(19)23)8-10-12(17-3)18-13-9(2)6-5-7-20(13)14(10)21/h5-8,17H,4H2,1-3H3. The molecule has 3 rings (SSSR count). The fourth-order valence-corrected chi connectivity index (χ4v) is 3.90. The Morgan fingerprint density at radius 1 is 1.42 bits per heavy atom. The minimum Gasteiger partial charge on any atom is -0.372 e. The smallest absolute Gasteiger partial charge is 0.267 e. The normalized spacial score (nSPS) is 16.5. The van der Waals surface area contributed by atoms with Crippen LogP contribution in [-0.2, 0) is 4.79 Å². The number of fused-ring (bicyclic) bond motifs is 1. The molecule has 2 aromatic heterocycles. The van der Waals surface area contributed by atoms with Crippen molar-refractivity contribution in [2.24, 2.45) is 0 Å².